The lowest BCUT2D eigenvalue weighted by Crippen LogP contribution is -2.57. The first-order chi connectivity index (χ1) is 17.5. The molecule has 0 bridgehead atoms. The van der Waals surface area contributed by atoms with Crippen LogP contribution in [0.25, 0.3) is 27.7 Å². The van der Waals surface area contributed by atoms with E-state index in [1.165, 1.54) is 11.1 Å². The summed E-state index contributed by atoms with van der Waals surface area (Å²) in [7, 11) is 0. The Labute approximate surface area is 210 Å². The Morgan fingerprint density at radius 2 is 2.06 bits per heavy atom. The standard InChI is InChI=1S/C28H29N5O3/c1-17(2)35-25-11-8-18(14-23(25)29-3)27-30-26(31-36-27)22-7-4-6-21-20(22)9-10-24(21)33-15-19(16-33)28(34)32-12-5-13-32/h4,6-8,11,14,17,19,24H,5,9-10,12-13,15-16H2,1-2H3/t24-/m0/s1. The van der Waals surface area contributed by atoms with Crippen molar-refractivity contribution in [3.8, 4) is 28.6 Å². The Kier molecular flexibility index (Phi) is 5.73. The number of rotatable bonds is 6. The summed E-state index contributed by atoms with van der Waals surface area (Å²) in [6.07, 6.45) is 3.10. The third-order valence-electron chi connectivity index (χ3n) is 7.46. The zero-order valence-electron chi connectivity index (χ0n) is 20.6. The van der Waals surface area contributed by atoms with Crippen molar-refractivity contribution < 1.29 is 14.1 Å². The highest BCUT2D eigenvalue weighted by Crippen LogP contribution is 2.43. The number of ether oxygens (including phenoxy) is 1. The Morgan fingerprint density at radius 3 is 2.78 bits per heavy atom. The summed E-state index contributed by atoms with van der Waals surface area (Å²) in [4.78, 5) is 25.2. The fourth-order valence-corrected chi connectivity index (χ4v) is 5.48. The van der Waals surface area contributed by atoms with Crippen molar-refractivity contribution in [1.82, 2.24) is 19.9 Å². The van der Waals surface area contributed by atoms with Gasteiger partial charge in [-0.1, -0.05) is 23.4 Å². The van der Waals surface area contributed by atoms with Gasteiger partial charge in [0.25, 0.3) is 5.89 Å². The second kappa shape index (κ2) is 9.07. The van der Waals surface area contributed by atoms with Crippen molar-refractivity contribution in [3.05, 3.63) is 58.9 Å². The van der Waals surface area contributed by atoms with Gasteiger partial charge in [-0.05, 0) is 62.4 Å². The zero-order valence-corrected chi connectivity index (χ0v) is 20.6. The number of carbonyl (C=O) groups is 1. The molecular formula is C28H29N5O3. The number of benzene rings is 2. The lowest BCUT2D eigenvalue weighted by atomic mass is 9.92. The van der Waals surface area contributed by atoms with Crippen LogP contribution in [0, 0.1) is 12.5 Å². The summed E-state index contributed by atoms with van der Waals surface area (Å²) in [6.45, 7) is 14.9. The van der Waals surface area contributed by atoms with Gasteiger partial charge in [0.15, 0.2) is 0 Å². The van der Waals surface area contributed by atoms with E-state index >= 15 is 0 Å². The minimum Gasteiger partial charge on any atom is -0.502 e. The molecule has 8 nitrogen and oxygen atoms in total. The van der Waals surface area contributed by atoms with Gasteiger partial charge in [0.1, 0.15) is 5.75 Å². The van der Waals surface area contributed by atoms with E-state index in [1.807, 2.05) is 30.9 Å². The van der Waals surface area contributed by atoms with Crippen LogP contribution < -0.4 is 4.74 Å². The summed E-state index contributed by atoms with van der Waals surface area (Å²) >= 11 is 0. The van der Waals surface area contributed by atoms with E-state index in [1.54, 1.807) is 12.1 Å². The molecule has 0 N–H and O–H groups in total. The normalized spacial score (nSPS) is 19.5. The van der Waals surface area contributed by atoms with E-state index < -0.39 is 0 Å². The molecule has 0 spiro atoms. The highest BCUT2D eigenvalue weighted by Gasteiger charge is 2.42. The summed E-state index contributed by atoms with van der Waals surface area (Å²) < 4.78 is 11.3. The molecule has 2 aromatic carbocycles. The molecule has 8 heteroatoms. The average molecular weight is 484 g/mol. The van der Waals surface area contributed by atoms with Crippen LogP contribution in [0.15, 0.2) is 40.9 Å². The lowest BCUT2D eigenvalue weighted by molar-refractivity contribution is -0.145. The van der Waals surface area contributed by atoms with Gasteiger partial charge in [0, 0.05) is 43.3 Å². The van der Waals surface area contributed by atoms with Crippen LogP contribution in [0.4, 0.5) is 5.69 Å². The molecule has 36 heavy (non-hydrogen) atoms. The fourth-order valence-electron chi connectivity index (χ4n) is 5.48. The fraction of sp³-hybridized carbons (Fsp3) is 0.429. The second-order valence-electron chi connectivity index (χ2n) is 10.1. The van der Waals surface area contributed by atoms with Crippen molar-refractivity contribution in [3.63, 3.8) is 0 Å². The number of fused-ring (bicyclic) bond motifs is 1. The predicted molar refractivity (Wildman–Crippen MR) is 135 cm³/mol. The molecule has 1 atom stereocenters. The molecule has 2 fully saturated rings. The van der Waals surface area contributed by atoms with Gasteiger partial charge >= 0.3 is 0 Å². The molecule has 2 aliphatic heterocycles. The molecule has 0 unspecified atom stereocenters. The van der Waals surface area contributed by atoms with Crippen LogP contribution in [0.5, 0.6) is 5.75 Å². The molecule has 1 aromatic heterocycles. The van der Waals surface area contributed by atoms with Crippen LogP contribution >= 0.6 is 0 Å². The molecule has 1 aliphatic carbocycles. The summed E-state index contributed by atoms with van der Waals surface area (Å²) in [5, 5.41) is 4.28. The van der Waals surface area contributed by atoms with E-state index in [0.29, 0.717) is 40.7 Å². The number of nitrogens with zero attached hydrogens (tertiary/aromatic N) is 5. The minimum atomic E-state index is -0.0153. The Balaban J connectivity index is 1.21. The van der Waals surface area contributed by atoms with Crippen LogP contribution in [0.1, 0.15) is 43.9 Å². The maximum Gasteiger partial charge on any atom is 0.256 e. The molecular weight excluding hydrogens is 454 g/mol. The quantitative estimate of drug-likeness (QED) is 0.465. The molecule has 3 aromatic rings. The highest BCUT2D eigenvalue weighted by molar-refractivity contribution is 5.81. The lowest BCUT2D eigenvalue weighted by Gasteiger charge is -2.45. The van der Waals surface area contributed by atoms with Crippen molar-refractivity contribution in [2.24, 2.45) is 5.92 Å². The Bertz CT molecular complexity index is 1350. The number of hydrogen-bond acceptors (Lipinski definition) is 6. The van der Waals surface area contributed by atoms with E-state index in [9.17, 15) is 4.79 Å². The first kappa shape index (κ1) is 22.7. The van der Waals surface area contributed by atoms with Gasteiger partial charge < -0.3 is 14.2 Å². The zero-order chi connectivity index (χ0) is 24.8. The third-order valence-corrected chi connectivity index (χ3v) is 7.46. The molecule has 184 valence electrons. The number of likely N-dealkylation sites (tertiary alicyclic amines) is 2. The van der Waals surface area contributed by atoms with Gasteiger partial charge in [-0.15, -0.1) is 0 Å². The first-order valence-corrected chi connectivity index (χ1v) is 12.7. The first-order valence-electron chi connectivity index (χ1n) is 12.7. The van der Waals surface area contributed by atoms with Gasteiger partial charge in [-0.2, -0.15) is 4.98 Å². The SMILES string of the molecule is [C-]#[N+]c1cc(-c2nc(-c3cccc4c3CC[C@@H]4N3CC(C(=O)N4CCC4)C3)no2)ccc1OC(C)C. The van der Waals surface area contributed by atoms with Crippen LogP contribution in [-0.2, 0) is 11.2 Å². The monoisotopic (exact) mass is 483 g/mol. The average Bonchev–Trinajstić information content (AvgIpc) is 3.45. The summed E-state index contributed by atoms with van der Waals surface area (Å²) in [5.41, 5.74) is 4.67. The van der Waals surface area contributed by atoms with Gasteiger partial charge in [-0.25, -0.2) is 4.85 Å². The smallest absolute Gasteiger partial charge is 0.256 e. The highest BCUT2D eigenvalue weighted by atomic mass is 16.5. The predicted octanol–water partition coefficient (Wildman–Crippen LogP) is 4.89. The topological polar surface area (TPSA) is 76.1 Å². The Morgan fingerprint density at radius 1 is 1.22 bits per heavy atom. The van der Waals surface area contributed by atoms with Gasteiger partial charge in [-0.3, -0.25) is 9.69 Å². The molecule has 2 saturated heterocycles. The van der Waals surface area contributed by atoms with Crippen molar-refractivity contribution in [2.75, 3.05) is 26.2 Å². The van der Waals surface area contributed by atoms with Crippen molar-refractivity contribution >= 4 is 11.6 Å². The maximum absolute atomic E-state index is 12.5. The Hall–Kier alpha value is -3.70. The third kappa shape index (κ3) is 3.94. The molecule has 0 saturated carbocycles. The van der Waals surface area contributed by atoms with Gasteiger partial charge in [0.2, 0.25) is 17.4 Å². The van der Waals surface area contributed by atoms with Crippen LogP contribution in [-0.4, -0.2) is 58.1 Å². The number of carbonyl (C=O) groups excluding carboxylic acids is 1. The van der Waals surface area contributed by atoms with Crippen LogP contribution in [0.3, 0.4) is 0 Å². The number of hydrogen-bond donors (Lipinski definition) is 0. The number of aromatic nitrogens is 2. The van der Waals surface area contributed by atoms with E-state index in [0.717, 1.165) is 51.0 Å². The molecule has 0 radical (unpaired) electrons. The number of amides is 1. The van der Waals surface area contributed by atoms with Crippen molar-refractivity contribution in [2.45, 2.75) is 45.3 Å². The van der Waals surface area contributed by atoms with Crippen molar-refractivity contribution in [1.29, 1.82) is 0 Å². The minimum absolute atomic E-state index is 0.0153. The maximum atomic E-state index is 12.5. The molecule has 1 amide bonds. The summed E-state index contributed by atoms with van der Waals surface area (Å²) in [5.74, 6) is 1.97. The largest absolute Gasteiger partial charge is 0.502 e. The van der Waals surface area contributed by atoms with Crippen LogP contribution in [0.2, 0.25) is 0 Å². The van der Waals surface area contributed by atoms with E-state index in [2.05, 4.69) is 32.0 Å². The summed E-state index contributed by atoms with van der Waals surface area (Å²) in [6, 6.07) is 12.0. The van der Waals surface area contributed by atoms with E-state index in [-0.39, 0.29) is 12.0 Å². The van der Waals surface area contributed by atoms with E-state index in [4.69, 9.17) is 15.8 Å². The molecule has 3 heterocycles. The molecule has 6 rings (SSSR count). The molecule has 3 aliphatic rings. The van der Waals surface area contributed by atoms with Gasteiger partial charge in [0.05, 0.1) is 18.6 Å². The second-order valence-corrected chi connectivity index (χ2v) is 10.1.